The lowest BCUT2D eigenvalue weighted by Gasteiger charge is -1.98. The lowest BCUT2D eigenvalue weighted by molar-refractivity contribution is -0.387. The molecule has 0 amide bonds. The number of nitro benzene ring substituents is 1. The lowest BCUT2D eigenvalue weighted by atomic mass is 10.2. The molecule has 0 aliphatic rings. The van der Waals surface area contributed by atoms with Crippen LogP contribution in [-0.4, -0.2) is 4.92 Å². The van der Waals surface area contributed by atoms with Gasteiger partial charge in [-0.05, 0) is 18.6 Å². The smallest absolute Gasteiger partial charge is 0.258 e. The molecule has 1 rings (SSSR count). The van der Waals surface area contributed by atoms with E-state index in [1.54, 1.807) is 0 Å². The van der Waals surface area contributed by atoms with Gasteiger partial charge in [0.05, 0.1) is 9.82 Å². The second-order valence-electron chi connectivity index (χ2n) is 2.35. The summed E-state index contributed by atoms with van der Waals surface area (Å²) >= 11 is 3.77. The Kier molecular flexibility index (Phi) is 2.32. The minimum atomic E-state index is -0.589. The zero-order chi connectivity index (χ0) is 9.30. The molecule has 0 atom stereocenters. The minimum Gasteiger partial charge on any atom is -0.258 e. The van der Waals surface area contributed by atoms with Crippen molar-refractivity contribution in [3.8, 4) is 0 Å². The Morgan fingerprint density at radius 2 is 2.17 bits per heavy atom. The first-order valence-electron chi connectivity index (χ1n) is 3.16. The van der Waals surface area contributed by atoms with Crippen LogP contribution in [0.2, 0.25) is 0 Å². The van der Waals surface area contributed by atoms with Crippen molar-refractivity contribution in [3.05, 3.63) is 33.6 Å². The molecule has 0 heterocycles. The largest absolute Gasteiger partial charge is 0.283 e. The Morgan fingerprint density at radius 1 is 1.58 bits per heavy atom. The number of hydrogen-bond acceptors (Lipinski definition) is 3. The summed E-state index contributed by atoms with van der Waals surface area (Å²) in [5.74, 6) is -0.481. The van der Waals surface area contributed by atoms with Gasteiger partial charge in [0.2, 0.25) is 0 Å². The second-order valence-corrected chi connectivity index (χ2v) is 2.83. The number of nitrogens with zero attached hydrogens (tertiary/aromatic N) is 1. The summed E-state index contributed by atoms with van der Waals surface area (Å²) in [4.78, 5) is 9.78. The van der Waals surface area contributed by atoms with Gasteiger partial charge in [0, 0.05) is 6.07 Å². The van der Waals surface area contributed by atoms with Gasteiger partial charge in [-0.1, -0.05) is 0 Å². The van der Waals surface area contributed by atoms with Crippen molar-refractivity contribution in [2.75, 3.05) is 0 Å². The van der Waals surface area contributed by atoms with Crippen LogP contribution in [0.1, 0.15) is 5.56 Å². The molecule has 0 unspecified atom stereocenters. The maximum absolute atomic E-state index is 12.8. The molecule has 0 bridgehead atoms. The third-order valence-corrected chi connectivity index (χ3v) is 1.81. The average molecular weight is 187 g/mol. The normalized spacial score (nSPS) is 9.92. The van der Waals surface area contributed by atoms with E-state index in [4.69, 9.17) is 0 Å². The molecule has 0 aromatic heterocycles. The van der Waals surface area contributed by atoms with E-state index in [0.29, 0.717) is 0 Å². The molecule has 0 fully saturated rings. The Labute approximate surface area is 73.8 Å². The molecule has 0 saturated heterocycles. The summed E-state index contributed by atoms with van der Waals surface area (Å²) in [6.45, 7) is 1.47. The van der Waals surface area contributed by atoms with Gasteiger partial charge in [0.1, 0.15) is 5.82 Å². The van der Waals surface area contributed by atoms with Crippen LogP contribution in [0.4, 0.5) is 10.1 Å². The van der Waals surface area contributed by atoms with E-state index in [1.165, 1.54) is 6.92 Å². The number of benzene rings is 1. The van der Waals surface area contributed by atoms with Crippen LogP contribution < -0.4 is 0 Å². The van der Waals surface area contributed by atoms with E-state index in [0.717, 1.165) is 12.1 Å². The van der Waals surface area contributed by atoms with E-state index in [9.17, 15) is 14.5 Å². The second kappa shape index (κ2) is 3.10. The summed E-state index contributed by atoms with van der Waals surface area (Å²) in [5.41, 5.74) is 0.0803. The Hall–Kier alpha value is -1.10. The van der Waals surface area contributed by atoms with Gasteiger partial charge in [0.25, 0.3) is 5.69 Å². The third-order valence-electron chi connectivity index (χ3n) is 1.45. The van der Waals surface area contributed by atoms with Crippen LogP contribution in [0, 0.1) is 22.9 Å². The molecule has 5 heteroatoms. The molecule has 1 aromatic carbocycles. The van der Waals surface area contributed by atoms with E-state index in [1.807, 2.05) is 0 Å². The fourth-order valence-corrected chi connectivity index (χ4v) is 1.06. The number of hydrogen-bond donors (Lipinski definition) is 1. The molecule has 0 spiro atoms. The number of halogens is 1. The van der Waals surface area contributed by atoms with E-state index < -0.39 is 10.7 Å². The first-order chi connectivity index (χ1) is 5.52. The van der Waals surface area contributed by atoms with Crippen LogP contribution >= 0.6 is 12.6 Å². The van der Waals surface area contributed by atoms with Crippen molar-refractivity contribution in [3.63, 3.8) is 0 Å². The molecular formula is C7H6FNO2S. The van der Waals surface area contributed by atoms with E-state index in [2.05, 4.69) is 12.6 Å². The Bertz CT molecular complexity index is 340. The molecule has 3 nitrogen and oxygen atoms in total. The molecular weight excluding hydrogens is 181 g/mol. The molecule has 1 aromatic rings. The highest BCUT2D eigenvalue weighted by molar-refractivity contribution is 7.80. The van der Waals surface area contributed by atoms with E-state index >= 15 is 0 Å². The highest BCUT2D eigenvalue weighted by Gasteiger charge is 2.13. The number of thiol groups is 1. The third kappa shape index (κ3) is 1.55. The van der Waals surface area contributed by atoms with Crippen molar-refractivity contribution in [2.24, 2.45) is 0 Å². The molecule has 0 aliphatic carbocycles. The molecule has 0 saturated carbocycles. The van der Waals surface area contributed by atoms with Crippen molar-refractivity contribution < 1.29 is 9.31 Å². The fraction of sp³-hybridized carbons (Fsp3) is 0.143. The van der Waals surface area contributed by atoms with E-state index in [-0.39, 0.29) is 16.1 Å². The first-order valence-corrected chi connectivity index (χ1v) is 3.60. The minimum absolute atomic E-state index is 0.0445. The monoisotopic (exact) mass is 187 g/mol. The quantitative estimate of drug-likeness (QED) is 0.416. The fourth-order valence-electron chi connectivity index (χ4n) is 0.802. The predicted octanol–water partition coefficient (Wildman–Crippen LogP) is 2.33. The van der Waals surface area contributed by atoms with Gasteiger partial charge in [-0.25, -0.2) is 4.39 Å². The summed E-state index contributed by atoms with van der Waals surface area (Å²) < 4.78 is 12.8. The van der Waals surface area contributed by atoms with Gasteiger partial charge in [-0.2, -0.15) is 0 Å². The van der Waals surface area contributed by atoms with Gasteiger partial charge < -0.3 is 0 Å². The van der Waals surface area contributed by atoms with Crippen LogP contribution in [0.5, 0.6) is 0 Å². The van der Waals surface area contributed by atoms with Gasteiger partial charge in [-0.3, -0.25) is 10.1 Å². The Morgan fingerprint density at radius 3 is 2.67 bits per heavy atom. The SMILES string of the molecule is Cc1cc([N+](=O)[O-])c(S)cc1F. The van der Waals surface area contributed by atoms with Crippen molar-refractivity contribution in [1.82, 2.24) is 0 Å². The Balaban J connectivity index is 3.33. The highest BCUT2D eigenvalue weighted by atomic mass is 32.1. The number of aryl methyl sites for hydroxylation is 1. The zero-order valence-electron chi connectivity index (χ0n) is 6.24. The van der Waals surface area contributed by atoms with Crippen molar-refractivity contribution >= 4 is 18.3 Å². The van der Waals surface area contributed by atoms with Crippen LogP contribution in [0.25, 0.3) is 0 Å². The van der Waals surface area contributed by atoms with Crippen molar-refractivity contribution in [1.29, 1.82) is 0 Å². The van der Waals surface area contributed by atoms with Gasteiger partial charge in [-0.15, -0.1) is 12.6 Å². The van der Waals surface area contributed by atoms with Crippen LogP contribution in [-0.2, 0) is 0 Å². The zero-order valence-corrected chi connectivity index (χ0v) is 7.14. The molecule has 0 aliphatic heterocycles. The standard InChI is InChI=1S/C7H6FNO2S/c1-4-2-6(9(10)11)7(12)3-5(4)8/h2-3,12H,1H3. The molecule has 0 N–H and O–H groups in total. The average Bonchev–Trinajstić information content (AvgIpc) is 1.96. The summed E-state index contributed by atoms with van der Waals surface area (Å²) in [6, 6.07) is 2.20. The summed E-state index contributed by atoms with van der Waals surface area (Å²) in [5, 5.41) is 10.3. The summed E-state index contributed by atoms with van der Waals surface area (Å²) in [6.07, 6.45) is 0. The van der Waals surface area contributed by atoms with Crippen LogP contribution in [0.15, 0.2) is 17.0 Å². The molecule has 0 radical (unpaired) electrons. The predicted molar refractivity (Wildman–Crippen MR) is 45.0 cm³/mol. The number of nitro groups is 1. The van der Waals surface area contributed by atoms with Crippen LogP contribution in [0.3, 0.4) is 0 Å². The number of rotatable bonds is 1. The maximum atomic E-state index is 12.8. The highest BCUT2D eigenvalue weighted by Crippen LogP contribution is 2.25. The molecule has 64 valence electrons. The summed E-state index contributed by atoms with van der Waals surface area (Å²) in [7, 11) is 0. The first kappa shape index (κ1) is 8.99. The van der Waals surface area contributed by atoms with Gasteiger partial charge >= 0.3 is 0 Å². The topological polar surface area (TPSA) is 43.1 Å². The van der Waals surface area contributed by atoms with Gasteiger partial charge in [0.15, 0.2) is 0 Å². The van der Waals surface area contributed by atoms with Crippen molar-refractivity contribution in [2.45, 2.75) is 11.8 Å². The lowest BCUT2D eigenvalue weighted by Crippen LogP contribution is -1.92. The maximum Gasteiger partial charge on any atom is 0.283 e. The molecule has 12 heavy (non-hydrogen) atoms.